The van der Waals surface area contributed by atoms with Crippen molar-refractivity contribution in [3.8, 4) is 0 Å². The lowest BCUT2D eigenvalue weighted by Crippen LogP contribution is -2.23. The van der Waals surface area contributed by atoms with Crippen LogP contribution in [0.1, 0.15) is 58.7 Å². The molecule has 1 fully saturated rings. The van der Waals surface area contributed by atoms with Crippen LogP contribution >= 0.6 is 11.3 Å². The lowest BCUT2D eigenvalue weighted by molar-refractivity contribution is 0.245. The first-order chi connectivity index (χ1) is 9.54. The minimum Gasteiger partial charge on any atom is -0.292 e. The second-order valence-electron chi connectivity index (χ2n) is 5.86. The van der Waals surface area contributed by atoms with E-state index in [1.165, 1.54) is 34.8 Å². The summed E-state index contributed by atoms with van der Waals surface area (Å²) in [5.41, 5.74) is 3.64. The maximum atomic E-state index is 4.67. The second-order valence-corrected chi connectivity index (χ2v) is 7.27. The molecule has 1 aliphatic rings. The molecule has 0 aromatic carbocycles. The second kappa shape index (κ2) is 5.30. The first-order valence-corrected chi connectivity index (χ1v) is 8.04. The van der Waals surface area contributed by atoms with Gasteiger partial charge in [0.05, 0.1) is 22.4 Å². The molecule has 1 saturated carbocycles. The highest BCUT2D eigenvalue weighted by Crippen LogP contribution is 2.39. The number of hydrogen-bond donors (Lipinski definition) is 1. The summed E-state index contributed by atoms with van der Waals surface area (Å²) in [5.74, 6) is 0.714. The van der Waals surface area contributed by atoms with Crippen molar-refractivity contribution in [2.45, 2.75) is 52.1 Å². The van der Waals surface area contributed by atoms with Gasteiger partial charge in [-0.25, -0.2) is 4.98 Å². The fourth-order valence-corrected chi connectivity index (χ4v) is 3.50. The Morgan fingerprint density at radius 1 is 1.45 bits per heavy atom. The zero-order valence-electron chi connectivity index (χ0n) is 12.6. The number of hydrogen-bond acceptors (Lipinski definition) is 4. The fourth-order valence-electron chi connectivity index (χ4n) is 2.60. The maximum absolute atomic E-state index is 4.67. The third-order valence-electron chi connectivity index (χ3n) is 4.06. The Hall–Kier alpha value is -1.20. The monoisotopic (exact) mass is 290 g/mol. The largest absolute Gasteiger partial charge is 0.292 e. The van der Waals surface area contributed by atoms with Gasteiger partial charge in [-0.15, -0.1) is 11.3 Å². The van der Waals surface area contributed by atoms with E-state index in [9.17, 15) is 0 Å². The number of aryl methyl sites for hydroxylation is 2. The van der Waals surface area contributed by atoms with Crippen LogP contribution in [-0.4, -0.2) is 27.1 Å². The third kappa shape index (κ3) is 2.79. The molecule has 5 heteroatoms. The van der Waals surface area contributed by atoms with E-state index in [0.29, 0.717) is 12.0 Å². The molecule has 0 radical (unpaired) electrons. The summed E-state index contributed by atoms with van der Waals surface area (Å²) >= 11 is 1.78. The number of nitrogens with one attached hydrogen (secondary N) is 1. The number of thiazole rings is 1. The normalized spacial score (nSPS) is 16.9. The zero-order valence-corrected chi connectivity index (χ0v) is 13.4. The van der Waals surface area contributed by atoms with E-state index in [4.69, 9.17) is 0 Å². The van der Waals surface area contributed by atoms with Gasteiger partial charge >= 0.3 is 0 Å². The van der Waals surface area contributed by atoms with E-state index < -0.39 is 0 Å². The molecule has 0 bridgehead atoms. The van der Waals surface area contributed by atoms with Crippen LogP contribution in [0.2, 0.25) is 0 Å². The zero-order chi connectivity index (χ0) is 14.3. The molecular weight excluding hydrogens is 268 g/mol. The predicted molar refractivity (Wildman–Crippen MR) is 82.0 cm³/mol. The van der Waals surface area contributed by atoms with Crippen molar-refractivity contribution >= 4 is 11.3 Å². The molecule has 4 nitrogen and oxygen atoms in total. The first kappa shape index (κ1) is 13.8. The Morgan fingerprint density at radius 3 is 2.80 bits per heavy atom. The Balaban J connectivity index is 1.68. The third-order valence-corrected chi connectivity index (χ3v) is 4.96. The number of aromatic nitrogens is 3. The molecule has 20 heavy (non-hydrogen) atoms. The molecule has 2 aromatic heterocycles. The summed E-state index contributed by atoms with van der Waals surface area (Å²) in [7, 11) is 2.15. The van der Waals surface area contributed by atoms with Crippen molar-refractivity contribution in [1.29, 1.82) is 0 Å². The molecule has 2 heterocycles. The van der Waals surface area contributed by atoms with Crippen molar-refractivity contribution in [1.82, 2.24) is 20.1 Å². The number of nitrogens with zero attached hydrogens (tertiary/aromatic N) is 3. The minimum atomic E-state index is 0.327. The lowest BCUT2D eigenvalue weighted by atomic mass is 10.2. The van der Waals surface area contributed by atoms with Crippen molar-refractivity contribution in [2.75, 3.05) is 7.05 Å². The van der Waals surface area contributed by atoms with Gasteiger partial charge < -0.3 is 0 Å². The average molecular weight is 290 g/mol. The van der Waals surface area contributed by atoms with E-state index in [0.717, 1.165) is 11.6 Å². The van der Waals surface area contributed by atoms with E-state index in [1.54, 1.807) is 11.3 Å². The highest BCUT2D eigenvalue weighted by atomic mass is 32.1. The molecule has 0 saturated heterocycles. The molecule has 1 N–H and O–H groups in total. The molecule has 0 amide bonds. The summed E-state index contributed by atoms with van der Waals surface area (Å²) in [6.45, 7) is 7.34. The van der Waals surface area contributed by atoms with Gasteiger partial charge in [0, 0.05) is 23.0 Å². The van der Waals surface area contributed by atoms with Crippen molar-refractivity contribution < 1.29 is 0 Å². The van der Waals surface area contributed by atoms with Crippen LogP contribution in [0.3, 0.4) is 0 Å². The number of rotatable bonds is 5. The summed E-state index contributed by atoms with van der Waals surface area (Å²) in [4.78, 5) is 8.32. The highest BCUT2D eigenvalue weighted by Gasteiger charge is 2.26. The summed E-state index contributed by atoms with van der Waals surface area (Å²) in [5, 5.41) is 8.74. The molecule has 3 rings (SSSR count). The molecule has 2 aromatic rings. The van der Waals surface area contributed by atoms with Crippen LogP contribution in [0.15, 0.2) is 6.07 Å². The molecule has 1 atom stereocenters. The van der Waals surface area contributed by atoms with Gasteiger partial charge in [0.2, 0.25) is 0 Å². The summed E-state index contributed by atoms with van der Waals surface area (Å²) in [6.07, 6.45) is 2.60. The van der Waals surface area contributed by atoms with Crippen LogP contribution in [0.4, 0.5) is 0 Å². The van der Waals surface area contributed by atoms with Gasteiger partial charge in [-0.2, -0.15) is 5.10 Å². The number of aromatic amines is 1. The molecule has 0 aliphatic heterocycles. The van der Waals surface area contributed by atoms with Gasteiger partial charge in [-0.1, -0.05) is 0 Å². The average Bonchev–Trinajstić information content (AvgIpc) is 3.06. The topological polar surface area (TPSA) is 44.8 Å². The number of H-pyrrole nitrogens is 1. The highest BCUT2D eigenvalue weighted by molar-refractivity contribution is 7.11. The SMILES string of the molecule is Cc1nc(C(C)N(C)Cc2cc(C3CC3)n[nH]2)c(C)s1. The van der Waals surface area contributed by atoms with Crippen LogP contribution < -0.4 is 0 Å². The van der Waals surface area contributed by atoms with E-state index in [-0.39, 0.29) is 0 Å². The van der Waals surface area contributed by atoms with Crippen molar-refractivity contribution in [3.05, 3.63) is 33.0 Å². The fraction of sp³-hybridized carbons (Fsp3) is 0.600. The molecule has 1 aliphatic carbocycles. The van der Waals surface area contributed by atoms with Crippen molar-refractivity contribution in [3.63, 3.8) is 0 Å². The minimum absolute atomic E-state index is 0.327. The standard InChI is InChI=1S/C15H22N4S/c1-9(15-10(2)20-11(3)16-15)19(4)8-13-7-14(18-17-13)12-5-6-12/h7,9,12H,5-6,8H2,1-4H3,(H,17,18). The van der Waals surface area contributed by atoms with Crippen molar-refractivity contribution in [2.24, 2.45) is 0 Å². The molecule has 0 spiro atoms. The smallest absolute Gasteiger partial charge is 0.0900 e. The van der Waals surface area contributed by atoms with Gasteiger partial charge in [0.25, 0.3) is 0 Å². The van der Waals surface area contributed by atoms with Crippen LogP contribution in [-0.2, 0) is 6.54 Å². The Labute approximate surface area is 124 Å². The quantitative estimate of drug-likeness (QED) is 0.916. The van der Waals surface area contributed by atoms with Crippen LogP contribution in [0.25, 0.3) is 0 Å². The Kier molecular flexibility index (Phi) is 3.65. The Bertz CT molecular complexity index is 597. The molecule has 1 unspecified atom stereocenters. The molecular formula is C15H22N4S. The molecule has 108 valence electrons. The van der Waals surface area contributed by atoms with E-state index >= 15 is 0 Å². The van der Waals surface area contributed by atoms with E-state index in [1.807, 2.05) is 0 Å². The van der Waals surface area contributed by atoms with Gasteiger partial charge in [0.15, 0.2) is 0 Å². The summed E-state index contributed by atoms with van der Waals surface area (Å²) in [6, 6.07) is 2.55. The van der Waals surface area contributed by atoms with Crippen LogP contribution in [0.5, 0.6) is 0 Å². The first-order valence-electron chi connectivity index (χ1n) is 7.23. The maximum Gasteiger partial charge on any atom is 0.0900 e. The van der Waals surface area contributed by atoms with Gasteiger partial charge in [-0.05, 0) is 46.7 Å². The Morgan fingerprint density at radius 2 is 2.20 bits per heavy atom. The van der Waals surface area contributed by atoms with E-state index in [2.05, 4.69) is 54.0 Å². The lowest BCUT2D eigenvalue weighted by Gasteiger charge is -2.23. The van der Waals surface area contributed by atoms with Crippen LogP contribution in [0, 0.1) is 13.8 Å². The summed E-state index contributed by atoms with van der Waals surface area (Å²) < 4.78 is 0. The predicted octanol–water partition coefficient (Wildman–Crippen LogP) is 3.55. The van der Waals surface area contributed by atoms with Gasteiger partial charge in [-0.3, -0.25) is 10.00 Å². The van der Waals surface area contributed by atoms with Gasteiger partial charge in [0.1, 0.15) is 0 Å².